The number of imidazole rings is 1. The summed E-state index contributed by atoms with van der Waals surface area (Å²) in [6.45, 7) is 6.11. The molecule has 2 N–H and O–H groups in total. The molecule has 10 heteroatoms. The minimum atomic E-state index is -0.983. The average molecular weight is 541 g/mol. The first-order valence-electron chi connectivity index (χ1n) is 12.4. The van der Waals surface area contributed by atoms with Crippen LogP contribution < -0.4 is 9.64 Å². The van der Waals surface area contributed by atoms with E-state index < -0.39 is 17.7 Å². The van der Waals surface area contributed by atoms with Crippen LogP contribution in [0.3, 0.4) is 0 Å². The van der Waals surface area contributed by atoms with Gasteiger partial charge in [0, 0.05) is 6.20 Å². The van der Waals surface area contributed by atoms with E-state index in [9.17, 15) is 19.8 Å². The fourth-order valence-electron chi connectivity index (χ4n) is 4.93. The molecule has 0 radical (unpaired) electrons. The maximum Gasteiger partial charge on any atom is 0.301 e. The number of nitrogens with zero attached hydrogens (tertiary/aromatic N) is 4. The van der Waals surface area contributed by atoms with Crippen LogP contribution in [-0.4, -0.2) is 42.9 Å². The van der Waals surface area contributed by atoms with Gasteiger partial charge in [0.25, 0.3) is 5.78 Å². The Hall–Kier alpha value is -4.70. The van der Waals surface area contributed by atoms with Gasteiger partial charge in [-0.3, -0.25) is 14.5 Å². The monoisotopic (exact) mass is 540 g/mol. The van der Waals surface area contributed by atoms with Crippen molar-refractivity contribution in [3.8, 4) is 11.5 Å². The lowest BCUT2D eigenvalue weighted by Gasteiger charge is -2.22. The van der Waals surface area contributed by atoms with Gasteiger partial charge in [0.1, 0.15) is 22.8 Å². The second-order valence-electron chi connectivity index (χ2n) is 9.25. The van der Waals surface area contributed by atoms with Crippen molar-refractivity contribution in [2.24, 2.45) is 0 Å². The Morgan fingerprint density at radius 1 is 1.08 bits per heavy atom. The summed E-state index contributed by atoms with van der Waals surface area (Å²) in [6.07, 6.45) is 1.83. The standard InChI is InChI=1S/C29H24N4O5S/c1-4-38-19-11-12-20-21(14-19)39-29(30-20)33-24(17-7-9-18(34)10-8-17)22(26(36)28(33)37)25(35)23-16(3)32-13-5-6-15(2)27(32)31-23/h5-14,24,34-35H,4H2,1-3H3. The van der Waals surface area contributed by atoms with Crippen molar-refractivity contribution >= 4 is 49.8 Å². The molecule has 1 unspecified atom stereocenters. The summed E-state index contributed by atoms with van der Waals surface area (Å²) in [4.78, 5) is 37.7. The fourth-order valence-corrected chi connectivity index (χ4v) is 5.95. The second-order valence-corrected chi connectivity index (χ2v) is 10.3. The normalized spacial score (nSPS) is 17.0. The maximum atomic E-state index is 13.6. The number of carbonyl (C=O) groups excluding carboxylic acids is 2. The van der Waals surface area contributed by atoms with Gasteiger partial charge < -0.3 is 19.4 Å². The van der Waals surface area contributed by atoms with Crippen LogP contribution in [0.25, 0.3) is 21.6 Å². The van der Waals surface area contributed by atoms with E-state index in [0.29, 0.717) is 39.9 Å². The lowest BCUT2D eigenvalue weighted by atomic mass is 9.96. The van der Waals surface area contributed by atoms with Crippen LogP contribution in [0.1, 0.15) is 35.5 Å². The summed E-state index contributed by atoms with van der Waals surface area (Å²) in [5.74, 6) is -1.31. The third-order valence-corrected chi connectivity index (χ3v) is 7.84. The number of anilines is 1. The van der Waals surface area contributed by atoms with Gasteiger partial charge in [0.15, 0.2) is 10.9 Å². The molecule has 196 valence electrons. The Morgan fingerprint density at radius 2 is 1.85 bits per heavy atom. The maximum absolute atomic E-state index is 13.6. The number of rotatable bonds is 5. The van der Waals surface area contributed by atoms with E-state index in [1.54, 1.807) is 31.2 Å². The van der Waals surface area contributed by atoms with Crippen molar-refractivity contribution in [1.82, 2.24) is 14.4 Å². The Balaban J connectivity index is 1.56. The van der Waals surface area contributed by atoms with E-state index in [1.165, 1.54) is 28.4 Å². The molecule has 39 heavy (non-hydrogen) atoms. The van der Waals surface area contributed by atoms with E-state index in [2.05, 4.69) is 9.97 Å². The number of benzene rings is 2. The van der Waals surface area contributed by atoms with Crippen molar-refractivity contribution in [3.05, 3.63) is 88.9 Å². The quantitative estimate of drug-likeness (QED) is 0.177. The Morgan fingerprint density at radius 3 is 2.56 bits per heavy atom. The molecule has 0 saturated carbocycles. The van der Waals surface area contributed by atoms with Gasteiger partial charge in [0.2, 0.25) is 0 Å². The van der Waals surface area contributed by atoms with Crippen molar-refractivity contribution in [1.29, 1.82) is 0 Å². The molecule has 4 heterocycles. The number of fused-ring (bicyclic) bond motifs is 2. The largest absolute Gasteiger partial charge is 0.508 e. The van der Waals surface area contributed by atoms with E-state index >= 15 is 0 Å². The summed E-state index contributed by atoms with van der Waals surface area (Å²) < 4.78 is 8.22. The number of Topliss-reactive ketones (excluding diaryl/α,β-unsaturated/α-hetero) is 1. The number of hydrogen-bond acceptors (Lipinski definition) is 8. The summed E-state index contributed by atoms with van der Waals surface area (Å²) in [6, 6.07) is 14.4. The number of aliphatic hydroxyl groups excluding tert-OH is 1. The molecule has 1 atom stereocenters. The lowest BCUT2D eigenvalue weighted by molar-refractivity contribution is -0.132. The molecule has 2 aromatic carbocycles. The zero-order valence-corrected chi connectivity index (χ0v) is 22.2. The number of phenolic OH excluding ortho intramolecular Hbond substituents is 1. The molecule has 1 aliphatic heterocycles. The molecule has 1 fully saturated rings. The van der Waals surface area contributed by atoms with Crippen LogP contribution in [0.15, 0.2) is 66.4 Å². The van der Waals surface area contributed by atoms with Crippen molar-refractivity contribution in [2.75, 3.05) is 11.5 Å². The number of aliphatic hydroxyl groups is 1. The van der Waals surface area contributed by atoms with E-state index in [4.69, 9.17) is 4.74 Å². The van der Waals surface area contributed by atoms with Gasteiger partial charge in [-0.2, -0.15) is 0 Å². The van der Waals surface area contributed by atoms with Crippen LogP contribution >= 0.6 is 11.3 Å². The number of aromatic nitrogens is 3. The molecule has 1 saturated heterocycles. The summed E-state index contributed by atoms with van der Waals surface area (Å²) in [7, 11) is 0. The number of ketones is 1. The number of ether oxygens (including phenoxy) is 1. The predicted molar refractivity (Wildman–Crippen MR) is 148 cm³/mol. The van der Waals surface area contributed by atoms with E-state index in [1.807, 2.05) is 42.6 Å². The molecule has 0 bridgehead atoms. The molecule has 1 amide bonds. The summed E-state index contributed by atoms with van der Waals surface area (Å²) in [5, 5.41) is 21.8. The van der Waals surface area contributed by atoms with Gasteiger partial charge in [0.05, 0.1) is 34.1 Å². The highest BCUT2D eigenvalue weighted by Gasteiger charge is 2.48. The summed E-state index contributed by atoms with van der Waals surface area (Å²) in [5.41, 5.74) is 3.47. The first-order valence-corrected chi connectivity index (χ1v) is 13.2. The highest BCUT2D eigenvalue weighted by atomic mass is 32.1. The molecule has 3 aromatic heterocycles. The van der Waals surface area contributed by atoms with Crippen LogP contribution in [0.2, 0.25) is 0 Å². The van der Waals surface area contributed by atoms with Crippen molar-refractivity contribution < 1.29 is 24.5 Å². The number of amides is 1. The zero-order chi connectivity index (χ0) is 27.4. The first-order chi connectivity index (χ1) is 18.8. The molecule has 9 nitrogen and oxygen atoms in total. The van der Waals surface area contributed by atoms with Gasteiger partial charge >= 0.3 is 5.91 Å². The van der Waals surface area contributed by atoms with E-state index in [0.717, 1.165) is 10.3 Å². The van der Waals surface area contributed by atoms with Crippen LogP contribution in [0, 0.1) is 13.8 Å². The highest BCUT2D eigenvalue weighted by molar-refractivity contribution is 7.22. The SMILES string of the molecule is CCOc1ccc2nc(N3C(=O)C(=O)C(=C(O)c4nc5c(C)cccn5c4C)C3c3ccc(O)cc3)sc2c1. The van der Waals surface area contributed by atoms with Gasteiger partial charge in [-0.25, -0.2) is 9.97 Å². The summed E-state index contributed by atoms with van der Waals surface area (Å²) >= 11 is 1.25. The minimum absolute atomic E-state index is 0.0332. The molecule has 0 aliphatic carbocycles. The Labute approximate surface area is 227 Å². The predicted octanol–water partition coefficient (Wildman–Crippen LogP) is 5.29. The smallest absolute Gasteiger partial charge is 0.301 e. The van der Waals surface area contributed by atoms with Gasteiger partial charge in [-0.1, -0.05) is 29.5 Å². The molecule has 6 rings (SSSR count). The number of carbonyl (C=O) groups is 2. The number of thiazole rings is 1. The number of hydrogen-bond donors (Lipinski definition) is 2. The molecule has 1 aliphatic rings. The molecule has 0 spiro atoms. The molecular weight excluding hydrogens is 516 g/mol. The fraction of sp³-hybridized carbons (Fsp3) is 0.172. The van der Waals surface area contributed by atoms with Gasteiger partial charge in [-0.05, 0) is 68.3 Å². The number of aromatic hydroxyl groups is 1. The van der Waals surface area contributed by atoms with Crippen molar-refractivity contribution in [2.45, 2.75) is 26.8 Å². The number of pyridine rings is 1. The second kappa shape index (κ2) is 9.25. The third kappa shape index (κ3) is 3.91. The molecular formula is C29H24N4O5S. The lowest BCUT2D eigenvalue weighted by Crippen LogP contribution is -2.29. The Kier molecular flexibility index (Phi) is 5.84. The van der Waals surface area contributed by atoms with Crippen LogP contribution in [0.4, 0.5) is 5.13 Å². The van der Waals surface area contributed by atoms with Gasteiger partial charge in [-0.15, -0.1) is 0 Å². The Bertz CT molecular complexity index is 1820. The highest BCUT2D eigenvalue weighted by Crippen LogP contribution is 2.45. The molecule has 5 aromatic rings. The third-order valence-electron chi connectivity index (χ3n) is 6.83. The van der Waals surface area contributed by atoms with Crippen LogP contribution in [0.5, 0.6) is 11.5 Å². The van der Waals surface area contributed by atoms with Crippen molar-refractivity contribution in [3.63, 3.8) is 0 Å². The number of aryl methyl sites for hydroxylation is 2. The first kappa shape index (κ1) is 24.6. The van der Waals surface area contributed by atoms with E-state index in [-0.39, 0.29) is 22.8 Å². The topological polar surface area (TPSA) is 117 Å². The van der Waals surface area contributed by atoms with Crippen LogP contribution in [-0.2, 0) is 9.59 Å². The zero-order valence-electron chi connectivity index (χ0n) is 21.4. The average Bonchev–Trinajstić information content (AvgIpc) is 3.57. The number of phenols is 1. The minimum Gasteiger partial charge on any atom is -0.508 e.